The molecule has 0 radical (unpaired) electrons. The molecule has 0 saturated carbocycles. The molecule has 4 heteroatoms. The van der Waals surface area contributed by atoms with Crippen molar-refractivity contribution in [3.8, 4) is 0 Å². The second-order valence-electron chi connectivity index (χ2n) is 4.76. The third-order valence-corrected chi connectivity index (χ3v) is 2.03. The van der Waals surface area contributed by atoms with Crippen LogP contribution in [0.15, 0.2) is 0 Å². The SMILES string of the molecule is CC1CC(C(=O)NOC(C)(C)C)CO1. The Labute approximate surface area is 84.9 Å². The first-order valence-electron chi connectivity index (χ1n) is 4.98. The van der Waals surface area contributed by atoms with Crippen LogP contribution in [-0.2, 0) is 14.4 Å². The molecular weight excluding hydrogens is 182 g/mol. The molecule has 1 aliphatic rings. The van der Waals surface area contributed by atoms with Gasteiger partial charge in [-0.2, -0.15) is 0 Å². The Kier molecular flexibility index (Phi) is 3.50. The van der Waals surface area contributed by atoms with E-state index in [9.17, 15) is 4.79 Å². The highest BCUT2D eigenvalue weighted by Crippen LogP contribution is 2.19. The Balaban J connectivity index is 2.29. The monoisotopic (exact) mass is 201 g/mol. The lowest BCUT2D eigenvalue weighted by Crippen LogP contribution is -2.37. The van der Waals surface area contributed by atoms with E-state index in [1.54, 1.807) is 0 Å². The zero-order valence-electron chi connectivity index (χ0n) is 9.29. The molecule has 0 bridgehead atoms. The average Bonchev–Trinajstić information content (AvgIpc) is 2.46. The van der Waals surface area contributed by atoms with Crippen molar-refractivity contribution in [3.63, 3.8) is 0 Å². The Bertz CT molecular complexity index is 210. The van der Waals surface area contributed by atoms with Crippen molar-refractivity contribution in [2.45, 2.75) is 45.8 Å². The van der Waals surface area contributed by atoms with E-state index in [-0.39, 0.29) is 23.5 Å². The van der Waals surface area contributed by atoms with Gasteiger partial charge < -0.3 is 4.74 Å². The number of hydrogen-bond acceptors (Lipinski definition) is 3. The van der Waals surface area contributed by atoms with Crippen molar-refractivity contribution >= 4 is 5.91 Å². The fourth-order valence-electron chi connectivity index (χ4n) is 1.29. The summed E-state index contributed by atoms with van der Waals surface area (Å²) in [5.74, 6) is -0.142. The summed E-state index contributed by atoms with van der Waals surface area (Å²) < 4.78 is 5.30. The molecule has 4 nitrogen and oxygen atoms in total. The third-order valence-electron chi connectivity index (χ3n) is 2.03. The van der Waals surface area contributed by atoms with Crippen LogP contribution >= 0.6 is 0 Å². The van der Waals surface area contributed by atoms with Crippen molar-refractivity contribution in [3.05, 3.63) is 0 Å². The fraction of sp³-hybridized carbons (Fsp3) is 0.900. The maximum Gasteiger partial charge on any atom is 0.249 e. The molecule has 1 saturated heterocycles. The fourth-order valence-corrected chi connectivity index (χ4v) is 1.29. The molecule has 2 unspecified atom stereocenters. The van der Waals surface area contributed by atoms with Gasteiger partial charge in [-0.15, -0.1) is 0 Å². The minimum Gasteiger partial charge on any atom is -0.378 e. The summed E-state index contributed by atoms with van der Waals surface area (Å²) >= 11 is 0. The lowest BCUT2D eigenvalue weighted by molar-refractivity contribution is -0.149. The number of amides is 1. The van der Waals surface area contributed by atoms with Crippen LogP contribution in [-0.4, -0.2) is 24.2 Å². The number of rotatable bonds is 2. The van der Waals surface area contributed by atoms with E-state index in [1.165, 1.54) is 0 Å². The van der Waals surface area contributed by atoms with Gasteiger partial charge in [0, 0.05) is 0 Å². The average molecular weight is 201 g/mol. The highest BCUT2D eigenvalue weighted by molar-refractivity contribution is 5.78. The highest BCUT2D eigenvalue weighted by atomic mass is 16.7. The standard InChI is InChI=1S/C10H19NO3/c1-7-5-8(6-13-7)9(12)11-14-10(2,3)4/h7-8H,5-6H2,1-4H3,(H,11,12). The summed E-state index contributed by atoms with van der Waals surface area (Å²) in [5, 5.41) is 0. The van der Waals surface area contributed by atoms with Crippen LogP contribution in [0.4, 0.5) is 0 Å². The van der Waals surface area contributed by atoms with E-state index in [0.29, 0.717) is 6.61 Å². The minimum atomic E-state index is -0.346. The second kappa shape index (κ2) is 4.28. The normalized spacial score (nSPS) is 27.7. The minimum absolute atomic E-state index is 0.0626. The molecule has 1 heterocycles. The Morgan fingerprint density at radius 3 is 2.57 bits per heavy atom. The quantitative estimate of drug-likeness (QED) is 0.684. The van der Waals surface area contributed by atoms with Crippen molar-refractivity contribution < 1.29 is 14.4 Å². The molecule has 1 fully saturated rings. The van der Waals surface area contributed by atoms with Gasteiger partial charge in [0.2, 0.25) is 5.91 Å². The molecule has 0 aromatic carbocycles. The maximum atomic E-state index is 11.5. The van der Waals surface area contributed by atoms with Gasteiger partial charge in [-0.3, -0.25) is 9.63 Å². The number of carbonyl (C=O) groups excluding carboxylic acids is 1. The molecule has 0 aromatic rings. The smallest absolute Gasteiger partial charge is 0.249 e. The zero-order chi connectivity index (χ0) is 10.8. The van der Waals surface area contributed by atoms with Crippen LogP contribution in [0.2, 0.25) is 0 Å². The van der Waals surface area contributed by atoms with Gasteiger partial charge in [-0.1, -0.05) is 0 Å². The van der Waals surface area contributed by atoms with Crippen LogP contribution in [0.3, 0.4) is 0 Å². The summed E-state index contributed by atoms with van der Waals surface area (Å²) in [4.78, 5) is 16.7. The van der Waals surface area contributed by atoms with E-state index >= 15 is 0 Å². The lowest BCUT2D eigenvalue weighted by atomic mass is 10.1. The lowest BCUT2D eigenvalue weighted by Gasteiger charge is -2.20. The van der Waals surface area contributed by atoms with Crippen molar-refractivity contribution in [1.29, 1.82) is 0 Å². The Morgan fingerprint density at radius 1 is 1.50 bits per heavy atom. The van der Waals surface area contributed by atoms with Crippen LogP contribution < -0.4 is 5.48 Å². The zero-order valence-corrected chi connectivity index (χ0v) is 9.29. The van der Waals surface area contributed by atoms with Gasteiger partial charge >= 0.3 is 0 Å². The van der Waals surface area contributed by atoms with Gasteiger partial charge in [0.05, 0.1) is 24.2 Å². The molecule has 1 amide bonds. The molecule has 0 aromatic heterocycles. The van der Waals surface area contributed by atoms with E-state index in [4.69, 9.17) is 9.57 Å². The first-order chi connectivity index (χ1) is 6.38. The molecule has 0 spiro atoms. The van der Waals surface area contributed by atoms with Gasteiger partial charge in [0.25, 0.3) is 0 Å². The predicted molar refractivity (Wildman–Crippen MR) is 52.5 cm³/mol. The van der Waals surface area contributed by atoms with Crippen LogP contribution in [0, 0.1) is 5.92 Å². The van der Waals surface area contributed by atoms with Crippen molar-refractivity contribution in [2.75, 3.05) is 6.61 Å². The number of ether oxygens (including phenoxy) is 1. The topological polar surface area (TPSA) is 47.6 Å². The number of carbonyl (C=O) groups is 1. The molecule has 1 rings (SSSR count). The van der Waals surface area contributed by atoms with Gasteiger partial charge in [-0.05, 0) is 34.1 Å². The molecular formula is C10H19NO3. The van der Waals surface area contributed by atoms with E-state index in [0.717, 1.165) is 6.42 Å². The molecule has 82 valence electrons. The molecule has 0 aliphatic carbocycles. The molecule has 1 aliphatic heterocycles. The van der Waals surface area contributed by atoms with Crippen molar-refractivity contribution in [2.24, 2.45) is 5.92 Å². The number of nitrogens with one attached hydrogen (secondary N) is 1. The molecule has 14 heavy (non-hydrogen) atoms. The van der Waals surface area contributed by atoms with E-state index in [1.807, 2.05) is 27.7 Å². The van der Waals surface area contributed by atoms with Crippen LogP contribution in [0.25, 0.3) is 0 Å². The van der Waals surface area contributed by atoms with Gasteiger partial charge in [0.1, 0.15) is 0 Å². The number of hydrogen-bond donors (Lipinski definition) is 1. The summed E-state index contributed by atoms with van der Waals surface area (Å²) in [6, 6.07) is 0. The Morgan fingerprint density at radius 2 is 2.14 bits per heavy atom. The first kappa shape index (κ1) is 11.5. The van der Waals surface area contributed by atoms with Gasteiger partial charge in [0.15, 0.2) is 0 Å². The van der Waals surface area contributed by atoms with E-state index in [2.05, 4.69) is 5.48 Å². The predicted octanol–water partition coefficient (Wildman–Crippen LogP) is 1.26. The second-order valence-corrected chi connectivity index (χ2v) is 4.76. The third kappa shape index (κ3) is 3.64. The first-order valence-corrected chi connectivity index (χ1v) is 4.98. The summed E-state index contributed by atoms with van der Waals surface area (Å²) in [6.07, 6.45) is 0.958. The summed E-state index contributed by atoms with van der Waals surface area (Å²) in [7, 11) is 0. The molecule has 1 N–H and O–H groups in total. The summed E-state index contributed by atoms with van der Waals surface area (Å²) in [5.41, 5.74) is 2.12. The highest BCUT2D eigenvalue weighted by Gasteiger charge is 2.29. The maximum absolute atomic E-state index is 11.5. The number of hydroxylamine groups is 1. The molecule has 2 atom stereocenters. The van der Waals surface area contributed by atoms with Crippen LogP contribution in [0.1, 0.15) is 34.1 Å². The Hall–Kier alpha value is -0.610. The van der Waals surface area contributed by atoms with Crippen molar-refractivity contribution in [1.82, 2.24) is 5.48 Å². The summed E-state index contributed by atoms with van der Waals surface area (Å²) in [6.45, 7) is 8.14. The largest absolute Gasteiger partial charge is 0.378 e. The van der Waals surface area contributed by atoms with Gasteiger partial charge in [-0.25, -0.2) is 5.48 Å². The van der Waals surface area contributed by atoms with E-state index < -0.39 is 0 Å². The van der Waals surface area contributed by atoms with Crippen LogP contribution in [0.5, 0.6) is 0 Å².